The van der Waals surface area contributed by atoms with Gasteiger partial charge in [-0.2, -0.15) is 4.31 Å². The average molecular weight is 392 g/mol. The fourth-order valence-electron chi connectivity index (χ4n) is 3.82. The first-order valence-corrected chi connectivity index (χ1v) is 10.8. The Morgan fingerprint density at radius 3 is 2.33 bits per heavy atom. The van der Waals surface area contributed by atoms with E-state index < -0.39 is 10.0 Å². The fraction of sp³-hybridized carbons (Fsp3) is 0.429. The van der Waals surface area contributed by atoms with Crippen molar-refractivity contribution in [1.82, 2.24) is 4.31 Å². The van der Waals surface area contributed by atoms with E-state index in [0.717, 1.165) is 24.0 Å². The summed E-state index contributed by atoms with van der Waals surface area (Å²) in [5.41, 5.74) is 1.82. The van der Waals surface area contributed by atoms with Crippen molar-refractivity contribution in [1.29, 1.82) is 0 Å². The molecule has 1 heterocycles. The van der Waals surface area contributed by atoms with Crippen LogP contribution < -0.4 is 0 Å². The van der Waals surface area contributed by atoms with Crippen LogP contribution in [0.15, 0.2) is 53.4 Å². The number of sulfonamides is 1. The molecule has 2 aromatic rings. The van der Waals surface area contributed by atoms with Gasteiger partial charge in [0.15, 0.2) is 0 Å². The van der Waals surface area contributed by atoms with Crippen molar-refractivity contribution in [2.45, 2.75) is 56.0 Å². The summed E-state index contributed by atoms with van der Waals surface area (Å²) < 4.78 is 41.8. The Morgan fingerprint density at radius 2 is 1.70 bits per heavy atom. The largest absolute Gasteiger partial charge is 0.396 e. The minimum Gasteiger partial charge on any atom is -0.396 e. The molecular weight excluding hydrogens is 365 g/mol. The summed E-state index contributed by atoms with van der Waals surface area (Å²) in [5.74, 6) is -0.329. The number of nitrogens with zero attached hydrogens (tertiary/aromatic N) is 1. The molecule has 27 heavy (non-hydrogen) atoms. The van der Waals surface area contributed by atoms with Gasteiger partial charge in [0, 0.05) is 12.6 Å². The van der Waals surface area contributed by atoms with E-state index >= 15 is 0 Å². The normalized spacial score (nSPS) is 20.9. The molecule has 0 saturated carbocycles. The van der Waals surface area contributed by atoms with Gasteiger partial charge in [-0.05, 0) is 68.9 Å². The number of benzene rings is 2. The Kier molecular flexibility index (Phi) is 6.29. The van der Waals surface area contributed by atoms with Crippen LogP contribution >= 0.6 is 0 Å². The number of aryl methyl sites for hydroxylation is 1. The van der Waals surface area contributed by atoms with Crippen molar-refractivity contribution in [3.05, 3.63) is 65.5 Å². The topological polar surface area (TPSA) is 57.6 Å². The first kappa shape index (κ1) is 20.0. The molecule has 3 rings (SSSR count). The Hall–Kier alpha value is -1.76. The summed E-state index contributed by atoms with van der Waals surface area (Å²) >= 11 is 0. The minimum absolute atomic E-state index is 0.110. The van der Waals surface area contributed by atoms with E-state index in [1.165, 1.54) is 12.1 Å². The van der Waals surface area contributed by atoms with Gasteiger partial charge in [-0.25, -0.2) is 12.8 Å². The molecule has 2 aromatic carbocycles. The van der Waals surface area contributed by atoms with E-state index in [-0.39, 0.29) is 29.4 Å². The summed E-state index contributed by atoms with van der Waals surface area (Å²) in [6, 6.07) is 12.6. The smallest absolute Gasteiger partial charge is 0.243 e. The summed E-state index contributed by atoms with van der Waals surface area (Å²) in [4.78, 5) is 0.286. The van der Waals surface area contributed by atoms with Gasteiger partial charge in [0.1, 0.15) is 5.82 Å². The minimum atomic E-state index is -3.67. The zero-order valence-electron chi connectivity index (χ0n) is 15.5. The zero-order chi connectivity index (χ0) is 19.4. The van der Waals surface area contributed by atoms with Gasteiger partial charge in [0.2, 0.25) is 10.0 Å². The van der Waals surface area contributed by atoms with Gasteiger partial charge in [-0.3, -0.25) is 0 Å². The Morgan fingerprint density at radius 1 is 1.04 bits per heavy atom. The second-order valence-corrected chi connectivity index (χ2v) is 9.01. The van der Waals surface area contributed by atoms with Crippen molar-refractivity contribution in [2.75, 3.05) is 6.61 Å². The van der Waals surface area contributed by atoms with Gasteiger partial charge >= 0.3 is 0 Å². The first-order valence-electron chi connectivity index (χ1n) is 9.40. The van der Waals surface area contributed by atoms with Crippen molar-refractivity contribution in [3.8, 4) is 0 Å². The van der Waals surface area contributed by atoms with Crippen molar-refractivity contribution in [3.63, 3.8) is 0 Å². The molecule has 1 N–H and O–H groups in total. The predicted octanol–water partition coefficient (Wildman–Crippen LogP) is 4.19. The van der Waals surface area contributed by atoms with Crippen LogP contribution in [0.3, 0.4) is 0 Å². The molecule has 1 aliphatic heterocycles. The molecule has 1 aliphatic rings. The van der Waals surface area contributed by atoms with Crippen molar-refractivity contribution in [2.24, 2.45) is 0 Å². The molecule has 1 saturated heterocycles. The maximum atomic E-state index is 13.4. The maximum absolute atomic E-state index is 13.4. The standard InChI is InChI=1S/C21H26FNO3S/c1-16-5-12-20(13-6-16)27(25,26)23-19(4-2-3-15-24)11-14-21(23)17-7-9-18(22)10-8-17/h5-10,12-13,19,21,24H,2-4,11,14-15H2,1H3. The van der Waals surface area contributed by atoms with Gasteiger partial charge in [0.05, 0.1) is 10.9 Å². The van der Waals surface area contributed by atoms with Crippen LogP contribution in [0.5, 0.6) is 0 Å². The Balaban J connectivity index is 1.96. The lowest BCUT2D eigenvalue weighted by atomic mass is 10.0. The molecule has 1 fully saturated rings. The number of unbranched alkanes of at least 4 members (excludes halogenated alkanes) is 1. The highest BCUT2D eigenvalue weighted by atomic mass is 32.2. The molecular formula is C21H26FNO3S. The molecule has 0 amide bonds. The van der Waals surface area contributed by atoms with Crippen LogP contribution in [-0.2, 0) is 10.0 Å². The number of hydrogen-bond acceptors (Lipinski definition) is 3. The highest BCUT2D eigenvalue weighted by Gasteiger charge is 2.42. The van der Waals surface area contributed by atoms with Crippen LogP contribution in [0, 0.1) is 12.7 Å². The summed E-state index contributed by atoms with van der Waals surface area (Å²) in [6.07, 6.45) is 3.62. The molecule has 146 valence electrons. The Bertz CT molecular complexity index is 850. The van der Waals surface area contributed by atoms with E-state index in [4.69, 9.17) is 5.11 Å². The molecule has 0 radical (unpaired) electrons. The molecule has 0 spiro atoms. The van der Waals surface area contributed by atoms with Gasteiger partial charge < -0.3 is 5.11 Å². The van der Waals surface area contributed by atoms with Crippen LogP contribution in [0.1, 0.15) is 49.3 Å². The third kappa shape index (κ3) is 4.39. The van der Waals surface area contributed by atoms with E-state index in [9.17, 15) is 12.8 Å². The van der Waals surface area contributed by atoms with E-state index in [0.29, 0.717) is 19.3 Å². The third-order valence-electron chi connectivity index (χ3n) is 5.24. The summed E-state index contributed by atoms with van der Waals surface area (Å²) in [7, 11) is -3.67. The van der Waals surface area contributed by atoms with Crippen LogP contribution in [0.4, 0.5) is 4.39 Å². The highest BCUT2D eigenvalue weighted by Crippen LogP contribution is 2.42. The second-order valence-electron chi connectivity index (χ2n) is 7.17. The molecule has 2 unspecified atom stereocenters. The van der Waals surface area contributed by atoms with E-state index in [2.05, 4.69) is 0 Å². The lowest BCUT2D eigenvalue weighted by Gasteiger charge is -2.30. The number of halogens is 1. The molecule has 2 atom stereocenters. The van der Waals surface area contributed by atoms with Crippen molar-refractivity contribution < 1.29 is 17.9 Å². The van der Waals surface area contributed by atoms with Gasteiger partial charge in [0.25, 0.3) is 0 Å². The zero-order valence-corrected chi connectivity index (χ0v) is 16.3. The molecule has 0 aromatic heterocycles. The first-order chi connectivity index (χ1) is 12.9. The SMILES string of the molecule is Cc1ccc(S(=O)(=O)N2C(CCCCO)CCC2c2ccc(F)cc2)cc1. The average Bonchev–Trinajstić information content (AvgIpc) is 3.08. The molecule has 6 heteroatoms. The van der Waals surface area contributed by atoms with E-state index in [1.807, 2.05) is 6.92 Å². The van der Waals surface area contributed by atoms with Crippen LogP contribution in [0.2, 0.25) is 0 Å². The van der Waals surface area contributed by atoms with Gasteiger partial charge in [-0.15, -0.1) is 0 Å². The number of aliphatic hydroxyl groups excluding tert-OH is 1. The highest BCUT2D eigenvalue weighted by molar-refractivity contribution is 7.89. The molecule has 4 nitrogen and oxygen atoms in total. The van der Waals surface area contributed by atoms with E-state index in [1.54, 1.807) is 40.7 Å². The lowest BCUT2D eigenvalue weighted by Crippen LogP contribution is -2.37. The number of hydrogen-bond donors (Lipinski definition) is 1. The Labute approximate surface area is 160 Å². The van der Waals surface area contributed by atoms with Crippen LogP contribution in [0.25, 0.3) is 0 Å². The van der Waals surface area contributed by atoms with Crippen LogP contribution in [-0.4, -0.2) is 30.5 Å². The quantitative estimate of drug-likeness (QED) is 0.720. The number of rotatable bonds is 7. The predicted molar refractivity (Wildman–Crippen MR) is 103 cm³/mol. The maximum Gasteiger partial charge on any atom is 0.243 e. The third-order valence-corrected chi connectivity index (χ3v) is 7.21. The lowest BCUT2D eigenvalue weighted by molar-refractivity contribution is 0.266. The number of aliphatic hydroxyl groups is 1. The van der Waals surface area contributed by atoms with Gasteiger partial charge in [-0.1, -0.05) is 29.8 Å². The summed E-state index contributed by atoms with van der Waals surface area (Å²) in [6.45, 7) is 2.03. The monoisotopic (exact) mass is 391 g/mol. The second kappa shape index (κ2) is 8.50. The molecule has 0 bridgehead atoms. The summed E-state index contributed by atoms with van der Waals surface area (Å²) in [5, 5.41) is 9.06. The fourth-order valence-corrected chi connectivity index (χ4v) is 5.71. The molecule has 0 aliphatic carbocycles. The van der Waals surface area contributed by atoms with Crippen molar-refractivity contribution >= 4 is 10.0 Å².